The number of piperidine rings is 1. The van der Waals surface area contributed by atoms with Gasteiger partial charge < -0.3 is 4.74 Å². The van der Waals surface area contributed by atoms with Crippen molar-refractivity contribution in [2.24, 2.45) is 5.92 Å². The van der Waals surface area contributed by atoms with Crippen LogP contribution < -0.4 is 0 Å². The zero-order chi connectivity index (χ0) is 20.5. The Bertz CT molecular complexity index is 921. The van der Waals surface area contributed by atoms with Crippen molar-refractivity contribution in [3.63, 3.8) is 0 Å². The Hall–Kier alpha value is -1.16. The highest BCUT2D eigenvalue weighted by Gasteiger charge is 2.48. The molecule has 0 aliphatic carbocycles. The fourth-order valence-corrected chi connectivity index (χ4v) is 8.92. The molecule has 2 atom stereocenters. The van der Waals surface area contributed by atoms with E-state index >= 15 is 0 Å². The standard InChI is InChI=1S/C18H24ClNO6S2/c1-2-26-18(21)13-7-9-20(10-8-13)16-11-27(22,23)12-17(16)28(24,25)15-5-3-14(19)4-6-15/h3-6,13,16-17H,2,7-12H2,1H3/t16-,17-/m0/s1. The van der Waals surface area contributed by atoms with Gasteiger partial charge in [-0.05, 0) is 57.1 Å². The van der Waals surface area contributed by atoms with Crippen LogP contribution in [0.15, 0.2) is 29.2 Å². The van der Waals surface area contributed by atoms with Gasteiger partial charge in [-0.2, -0.15) is 0 Å². The van der Waals surface area contributed by atoms with Gasteiger partial charge in [0.1, 0.15) is 0 Å². The maximum Gasteiger partial charge on any atom is 0.309 e. The molecule has 2 saturated heterocycles. The summed E-state index contributed by atoms with van der Waals surface area (Å²) in [5, 5.41) is -0.617. The van der Waals surface area contributed by atoms with Gasteiger partial charge in [0.15, 0.2) is 19.7 Å². The summed E-state index contributed by atoms with van der Waals surface area (Å²) in [5.41, 5.74) is 0. The number of hydrogen-bond acceptors (Lipinski definition) is 7. The van der Waals surface area contributed by atoms with Gasteiger partial charge in [-0.25, -0.2) is 16.8 Å². The van der Waals surface area contributed by atoms with Gasteiger partial charge in [-0.3, -0.25) is 9.69 Å². The maximum absolute atomic E-state index is 13.1. The largest absolute Gasteiger partial charge is 0.466 e. The number of rotatable bonds is 5. The number of halogens is 1. The molecular formula is C18H24ClNO6S2. The van der Waals surface area contributed by atoms with E-state index < -0.39 is 31.0 Å². The third-order valence-corrected chi connectivity index (χ3v) is 9.82. The first-order valence-corrected chi connectivity index (χ1v) is 13.0. The lowest BCUT2D eigenvalue weighted by Gasteiger charge is -2.36. The van der Waals surface area contributed by atoms with Crippen LogP contribution in [0.3, 0.4) is 0 Å². The monoisotopic (exact) mass is 449 g/mol. The second-order valence-electron chi connectivity index (χ2n) is 7.24. The first-order valence-electron chi connectivity index (χ1n) is 9.24. The first kappa shape index (κ1) is 21.5. The Morgan fingerprint density at radius 2 is 1.79 bits per heavy atom. The summed E-state index contributed by atoms with van der Waals surface area (Å²) in [6, 6.07) is 5.17. The summed E-state index contributed by atoms with van der Waals surface area (Å²) >= 11 is 5.84. The topological polar surface area (TPSA) is 97.8 Å². The van der Waals surface area contributed by atoms with Crippen LogP contribution in [-0.2, 0) is 29.2 Å². The second kappa shape index (κ2) is 8.30. The van der Waals surface area contributed by atoms with Crippen LogP contribution in [0.1, 0.15) is 19.8 Å². The van der Waals surface area contributed by atoms with Crippen LogP contribution >= 0.6 is 11.6 Å². The molecule has 0 unspecified atom stereocenters. The number of nitrogens with zero attached hydrogens (tertiary/aromatic N) is 1. The van der Waals surface area contributed by atoms with Crippen molar-refractivity contribution in [3.8, 4) is 0 Å². The predicted octanol–water partition coefficient (Wildman–Crippen LogP) is 1.55. The van der Waals surface area contributed by atoms with E-state index in [9.17, 15) is 21.6 Å². The molecule has 0 saturated carbocycles. The Balaban J connectivity index is 1.80. The molecule has 7 nitrogen and oxygen atoms in total. The van der Waals surface area contributed by atoms with Crippen LogP contribution in [0.4, 0.5) is 0 Å². The number of likely N-dealkylation sites (tertiary alicyclic amines) is 1. The molecule has 1 aromatic rings. The molecule has 2 aliphatic rings. The minimum atomic E-state index is -3.83. The highest BCUT2D eigenvalue weighted by atomic mass is 35.5. The van der Waals surface area contributed by atoms with E-state index in [2.05, 4.69) is 0 Å². The minimum absolute atomic E-state index is 0.0745. The highest BCUT2D eigenvalue weighted by molar-refractivity contribution is 7.96. The SMILES string of the molecule is CCOC(=O)C1CCN([C@H]2CS(=O)(=O)C[C@@H]2S(=O)(=O)c2ccc(Cl)cc2)CC1. The van der Waals surface area contributed by atoms with Gasteiger partial charge in [0.25, 0.3) is 0 Å². The van der Waals surface area contributed by atoms with Crippen molar-refractivity contribution in [1.29, 1.82) is 0 Å². The summed E-state index contributed by atoms with van der Waals surface area (Å²) in [6.45, 7) is 3.01. The lowest BCUT2D eigenvalue weighted by molar-refractivity contribution is -0.149. The number of esters is 1. The van der Waals surface area contributed by atoms with E-state index in [-0.39, 0.29) is 28.3 Å². The molecule has 156 valence electrons. The maximum atomic E-state index is 13.1. The van der Waals surface area contributed by atoms with E-state index in [1.807, 2.05) is 4.90 Å². The van der Waals surface area contributed by atoms with Gasteiger partial charge >= 0.3 is 5.97 Å². The van der Waals surface area contributed by atoms with Gasteiger partial charge in [-0.1, -0.05) is 11.6 Å². The van der Waals surface area contributed by atoms with Crippen molar-refractivity contribution >= 4 is 37.2 Å². The normalized spacial score (nSPS) is 26.2. The number of carbonyl (C=O) groups excluding carboxylic acids is 1. The Kier molecular flexibility index (Phi) is 6.38. The molecule has 0 N–H and O–H groups in total. The number of ether oxygens (including phenoxy) is 1. The van der Waals surface area contributed by atoms with Gasteiger partial charge in [0.05, 0.1) is 34.2 Å². The molecule has 0 amide bonds. The Labute approximate surface area is 170 Å². The average molecular weight is 450 g/mol. The Morgan fingerprint density at radius 3 is 2.36 bits per heavy atom. The number of sulfone groups is 2. The third-order valence-electron chi connectivity index (χ3n) is 5.43. The lowest BCUT2D eigenvalue weighted by Crippen LogP contribution is -2.50. The third kappa shape index (κ3) is 4.53. The molecule has 10 heteroatoms. The van der Waals surface area contributed by atoms with E-state index in [0.29, 0.717) is 37.6 Å². The van der Waals surface area contributed by atoms with Crippen LogP contribution in [0.2, 0.25) is 5.02 Å². The van der Waals surface area contributed by atoms with Gasteiger partial charge in [0, 0.05) is 11.1 Å². The fraction of sp³-hybridized carbons (Fsp3) is 0.611. The molecule has 2 heterocycles. The second-order valence-corrected chi connectivity index (χ2v) is 12.0. The van der Waals surface area contributed by atoms with Crippen LogP contribution in [0.5, 0.6) is 0 Å². The summed E-state index contributed by atoms with van der Waals surface area (Å²) < 4.78 is 55.9. The molecular weight excluding hydrogens is 426 g/mol. The molecule has 0 bridgehead atoms. The fourth-order valence-electron chi connectivity index (χ4n) is 3.96. The predicted molar refractivity (Wildman–Crippen MR) is 106 cm³/mol. The highest BCUT2D eigenvalue weighted by Crippen LogP contribution is 2.32. The summed E-state index contributed by atoms with van der Waals surface area (Å²) in [5.74, 6) is -1.04. The molecule has 0 radical (unpaired) electrons. The summed E-state index contributed by atoms with van der Waals surface area (Å²) in [6.07, 6.45) is 1.06. The van der Waals surface area contributed by atoms with Crippen LogP contribution in [0.25, 0.3) is 0 Å². The van der Waals surface area contributed by atoms with Gasteiger partial charge in [0.2, 0.25) is 0 Å². The smallest absolute Gasteiger partial charge is 0.309 e. The van der Waals surface area contributed by atoms with Crippen LogP contribution in [-0.4, -0.2) is 70.2 Å². The number of carbonyl (C=O) groups is 1. The first-order chi connectivity index (χ1) is 13.1. The minimum Gasteiger partial charge on any atom is -0.466 e. The van der Waals surface area contributed by atoms with E-state index in [1.54, 1.807) is 6.92 Å². The number of benzene rings is 1. The Morgan fingerprint density at radius 1 is 1.18 bits per heavy atom. The zero-order valence-electron chi connectivity index (χ0n) is 15.6. The lowest BCUT2D eigenvalue weighted by atomic mass is 9.95. The molecule has 0 spiro atoms. The van der Waals surface area contributed by atoms with E-state index in [0.717, 1.165) is 0 Å². The van der Waals surface area contributed by atoms with Crippen molar-refractivity contribution in [3.05, 3.63) is 29.3 Å². The van der Waals surface area contributed by atoms with Crippen LogP contribution in [0, 0.1) is 5.92 Å². The summed E-state index contributed by atoms with van der Waals surface area (Å²) in [4.78, 5) is 13.9. The molecule has 0 aromatic heterocycles. The van der Waals surface area contributed by atoms with E-state index in [4.69, 9.17) is 16.3 Å². The van der Waals surface area contributed by atoms with Crippen molar-refractivity contribution in [2.75, 3.05) is 31.2 Å². The molecule has 1 aromatic carbocycles. The van der Waals surface area contributed by atoms with Crippen molar-refractivity contribution in [1.82, 2.24) is 4.90 Å². The molecule has 28 heavy (non-hydrogen) atoms. The average Bonchev–Trinajstić information content (AvgIpc) is 2.99. The zero-order valence-corrected chi connectivity index (χ0v) is 18.0. The molecule has 2 fully saturated rings. The number of hydrogen-bond donors (Lipinski definition) is 0. The quantitative estimate of drug-likeness (QED) is 0.629. The molecule has 3 rings (SSSR count). The van der Waals surface area contributed by atoms with E-state index in [1.165, 1.54) is 24.3 Å². The van der Waals surface area contributed by atoms with Gasteiger partial charge in [-0.15, -0.1) is 0 Å². The van der Waals surface area contributed by atoms with Crippen molar-refractivity contribution in [2.45, 2.75) is 36.0 Å². The van der Waals surface area contributed by atoms with Crippen molar-refractivity contribution < 1.29 is 26.4 Å². The summed E-state index contributed by atoms with van der Waals surface area (Å²) in [7, 11) is -7.30. The molecule has 2 aliphatic heterocycles.